The van der Waals surface area contributed by atoms with E-state index in [1.807, 2.05) is 0 Å². The molecule has 6 nitrogen and oxygen atoms in total. The maximum Gasteiger partial charge on any atom is 0.286 e. The summed E-state index contributed by atoms with van der Waals surface area (Å²) in [5.41, 5.74) is -0.367. The van der Waals surface area contributed by atoms with Crippen LogP contribution in [0.5, 0.6) is 0 Å². The van der Waals surface area contributed by atoms with E-state index < -0.39 is 14.9 Å². The fraction of sp³-hybridized carbons (Fsp3) is 0. The quantitative estimate of drug-likeness (QED) is 0.641. The largest absolute Gasteiger partial charge is 0.286 e. The van der Waals surface area contributed by atoms with Crippen molar-refractivity contribution in [1.29, 1.82) is 0 Å². The number of nitrogens with zero attached hydrogens (tertiary/aromatic N) is 1. The molecule has 0 aliphatic heterocycles. The zero-order chi connectivity index (χ0) is 11.8. The monoisotopic (exact) mass is 358 g/mol. The summed E-state index contributed by atoms with van der Waals surface area (Å²) in [6.07, 6.45) is 0. The molecule has 0 unspecified atom stereocenters. The van der Waals surface area contributed by atoms with Crippen molar-refractivity contribution >= 4 is 47.6 Å². The molecule has 1 rings (SSSR count). The SMILES string of the molecule is NS(=O)(=O)c1cc(Br)cc([N+](=O)[O-])c1Br. The Kier molecular flexibility index (Phi) is 3.48. The predicted molar refractivity (Wildman–Crippen MR) is 59.9 cm³/mol. The van der Waals surface area contributed by atoms with E-state index >= 15 is 0 Å². The smallest absolute Gasteiger partial charge is 0.258 e. The fourth-order valence-electron chi connectivity index (χ4n) is 0.890. The highest BCUT2D eigenvalue weighted by molar-refractivity contribution is 9.11. The lowest BCUT2D eigenvalue weighted by Crippen LogP contribution is -2.13. The first-order chi connectivity index (χ1) is 6.73. The van der Waals surface area contributed by atoms with Gasteiger partial charge in [0.05, 0.1) is 4.92 Å². The summed E-state index contributed by atoms with van der Waals surface area (Å²) in [5, 5.41) is 15.5. The number of halogens is 2. The molecule has 0 amide bonds. The van der Waals surface area contributed by atoms with Crippen LogP contribution in [0, 0.1) is 10.1 Å². The average molecular weight is 360 g/mol. The number of benzene rings is 1. The van der Waals surface area contributed by atoms with E-state index in [2.05, 4.69) is 31.9 Å². The van der Waals surface area contributed by atoms with Crippen LogP contribution in [0.3, 0.4) is 0 Å². The van der Waals surface area contributed by atoms with E-state index in [4.69, 9.17) is 5.14 Å². The summed E-state index contributed by atoms with van der Waals surface area (Å²) in [7, 11) is -3.99. The molecule has 0 bridgehead atoms. The normalized spacial score (nSPS) is 11.4. The molecule has 1 aromatic rings. The summed E-state index contributed by atoms with van der Waals surface area (Å²) in [6, 6.07) is 2.37. The lowest BCUT2D eigenvalue weighted by Gasteiger charge is -2.03. The predicted octanol–water partition coefficient (Wildman–Crippen LogP) is 1.77. The summed E-state index contributed by atoms with van der Waals surface area (Å²) in [6.45, 7) is 0. The zero-order valence-electron chi connectivity index (χ0n) is 6.98. The van der Waals surface area contributed by atoms with Crippen molar-refractivity contribution in [3.63, 3.8) is 0 Å². The first kappa shape index (κ1) is 12.6. The Morgan fingerprint density at radius 3 is 2.27 bits per heavy atom. The lowest BCUT2D eigenvalue weighted by atomic mass is 10.3. The third-order valence-electron chi connectivity index (χ3n) is 1.49. The minimum Gasteiger partial charge on any atom is -0.258 e. The highest BCUT2D eigenvalue weighted by Crippen LogP contribution is 2.34. The standard InChI is InChI=1S/C6H4Br2N2O4S/c7-3-1-4(10(11)12)6(8)5(2-3)15(9,13)14/h1-2H,(H2,9,13,14). The average Bonchev–Trinajstić information content (AvgIpc) is 2.06. The molecule has 0 spiro atoms. The molecule has 0 saturated heterocycles. The molecule has 0 aliphatic carbocycles. The van der Waals surface area contributed by atoms with Gasteiger partial charge in [0, 0.05) is 10.5 Å². The van der Waals surface area contributed by atoms with Crippen LogP contribution >= 0.6 is 31.9 Å². The summed E-state index contributed by atoms with van der Waals surface area (Å²) in [5.74, 6) is 0. The van der Waals surface area contributed by atoms with Crippen LogP contribution in [0.1, 0.15) is 0 Å². The molecule has 0 atom stereocenters. The Morgan fingerprint density at radius 1 is 1.33 bits per heavy atom. The molecular formula is C6H4Br2N2O4S. The summed E-state index contributed by atoms with van der Waals surface area (Å²) < 4.78 is 22.3. The van der Waals surface area contributed by atoms with Gasteiger partial charge in [-0.2, -0.15) is 0 Å². The summed E-state index contributed by atoms with van der Waals surface area (Å²) in [4.78, 5) is 9.54. The van der Waals surface area contributed by atoms with Gasteiger partial charge in [-0.1, -0.05) is 15.9 Å². The van der Waals surface area contributed by atoms with Gasteiger partial charge in [-0.3, -0.25) is 10.1 Å². The fourth-order valence-corrected chi connectivity index (χ4v) is 3.18. The van der Waals surface area contributed by atoms with Crippen molar-refractivity contribution in [3.8, 4) is 0 Å². The molecule has 9 heteroatoms. The Hall–Kier alpha value is -0.510. The van der Waals surface area contributed by atoms with Gasteiger partial charge in [-0.15, -0.1) is 0 Å². The van der Waals surface area contributed by atoms with Gasteiger partial charge in [0.15, 0.2) is 0 Å². The van der Waals surface area contributed by atoms with Crippen LogP contribution in [0.25, 0.3) is 0 Å². The molecule has 0 heterocycles. The van der Waals surface area contributed by atoms with Crippen LogP contribution in [0.4, 0.5) is 5.69 Å². The van der Waals surface area contributed by atoms with E-state index in [1.54, 1.807) is 0 Å². The van der Waals surface area contributed by atoms with E-state index in [0.717, 1.165) is 0 Å². The van der Waals surface area contributed by atoms with Crippen LogP contribution in [-0.2, 0) is 10.0 Å². The van der Waals surface area contributed by atoms with Crippen molar-refractivity contribution in [3.05, 3.63) is 31.2 Å². The molecule has 82 valence electrons. The number of sulfonamides is 1. The van der Waals surface area contributed by atoms with Crippen molar-refractivity contribution in [2.75, 3.05) is 0 Å². The number of rotatable bonds is 2. The maximum absolute atomic E-state index is 11.1. The molecule has 15 heavy (non-hydrogen) atoms. The third kappa shape index (κ3) is 2.74. The number of hydrogen-bond donors (Lipinski definition) is 1. The van der Waals surface area contributed by atoms with E-state index in [0.29, 0.717) is 0 Å². The zero-order valence-corrected chi connectivity index (χ0v) is 11.0. The van der Waals surface area contributed by atoms with Gasteiger partial charge < -0.3 is 0 Å². The molecule has 0 fully saturated rings. The second-order valence-corrected chi connectivity index (χ2v) is 5.78. The van der Waals surface area contributed by atoms with Crippen molar-refractivity contribution in [1.82, 2.24) is 0 Å². The van der Waals surface area contributed by atoms with E-state index in [1.165, 1.54) is 12.1 Å². The second-order valence-electron chi connectivity index (χ2n) is 2.54. The lowest BCUT2D eigenvalue weighted by molar-refractivity contribution is -0.386. The van der Waals surface area contributed by atoms with Crippen LogP contribution in [0.15, 0.2) is 26.0 Å². The second kappa shape index (κ2) is 4.16. The van der Waals surface area contributed by atoms with Crippen LogP contribution in [-0.4, -0.2) is 13.3 Å². The maximum atomic E-state index is 11.1. The molecule has 0 aliphatic rings. The van der Waals surface area contributed by atoms with Gasteiger partial charge in [0.1, 0.15) is 9.37 Å². The van der Waals surface area contributed by atoms with Crippen molar-refractivity contribution in [2.24, 2.45) is 5.14 Å². The van der Waals surface area contributed by atoms with Crippen LogP contribution in [0.2, 0.25) is 0 Å². The Morgan fingerprint density at radius 2 is 1.87 bits per heavy atom. The Bertz CT molecular complexity index is 528. The minimum absolute atomic E-state index is 0.154. The first-order valence-corrected chi connectivity index (χ1v) is 6.53. The van der Waals surface area contributed by atoms with Gasteiger partial charge in [-0.25, -0.2) is 13.6 Å². The molecule has 1 aromatic carbocycles. The van der Waals surface area contributed by atoms with E-state index in [9.17, 15) is 18.5 Å². The molecular weight excluding hydrogens is 356 g/mol. The third-order valence-corrected chi connectivity index (χ3v) is 3.98. The highest BCUT2D eigenvalue weighted by atomic mass is 79.9. The molecule has 0 aromatic heterocycles. The number of hydrogen-bond acceptors (Lipinski definition) is 4. The van der Waals surface area contributed by atoms with Crippen molar-refractivity contribution < 1.29 is 13.3 Å². The Balaban J connectivity index is 3.63. The first-order valence-electron chi connectivity index (χ1n) is 3.39. The Labute approximate surface area is 102 Å². The minimum atomic E-state index is -3.99. The van der Waals surface area contributed by atoms with Crippen LogP contribution < -0.4 is 5.14 Å². The number of nitro benzene ring substituents is 1. The van der Waals surface area contributed by atoms with Gasteiger partial charge in [0.25, 0.3) is 5.69 Å². The van der Waals surface area contributed by atoms with E-state index in [-0.39, 0.29) is 19.5 Å². The summed E-state index contributed by atoms with van der Waals surface area (Å²) >= 11 is 5.79. The van der Waals surface area contributed by atoms with Gasteiger partial charge in [0.2, 0.25) is 10.0 Å². The molecule has 2 N–H and O–H groups in total. The highest BCUT2D eigenvalue weighted by Gasteiger charge is 2.22. The van der Waals surface area contributed by atoms with Gasteiger partial charge >= 0.3 is 0 Å². The molecule has 0 radical (unpaired) electrons. The van der Waals surface area contributed by atoms with Gasteiger partial charge in [-0.05, 0) is 22.0 Å². The number of nitrogens with two attached hydrogens (primary N) is 1. The van der Waals surface area contributed by atoms with Crippen molar-refractivity contribution in [2.45, 2.75) is 4.90 Å². The molecule has 0 saturated carbocycles. The topological polar surface area (TPSA) is 103 Å². The number of primary sulfonamides is 1. The number of nitro groups is 1.